The van der Waals surface area contributed by atoms with E-state index in [1.165, 1.54) is 77.0 Å². The predicted molar refractivity (Wildman–Crippen MR) is 120 cm³/mol. The highest BCUT2D eigenvalue weighted by Crippen LogP contribution is 2.36. The Balaban J connectivity index is 3.63. The van der Waals surface area contributed by atoms with Crippen LogP contribution in [-0.2, 0) is 25.7 Å². The zero-order chi connectivity index (χ0) is 19.5. The second-order valence-corrected chi connectivity index (χ2v) is 8.52. The summed E-state index contributed by atoms with van der Waals surface area (Å²) in [5, 5.41) is 0. The molecule has 1 aromatic rings. The summed E-state index contributed by atoms with van der Waals surface area (Å²) in [5.41, 5.74) is 10.4. The van der Waals surface area contributed by atoms with Gasteiger partial charge in [-0.1, -0.05) is 67.2 Å². The highest BCUT2D eigenvalue weighted by molar-refractivity contribution is 5.53. The van der Waals surface area contributed by atoms with Crippen molar-refractivity contribution in [1.29, 1.82) is 0 Å². The van der Waals surface area contributed by atoms with Crippen molar-refractivity contribution >= 4 is 0 Å². The first-order valence-corrected chi connectivity index (χ1v) is 11.7. The molecular weight excluding hydrogens is 312 g/mol. The van der Waals surface area contributed by atoms with Crippen molar-refractivity contribution in [2.45, 2.75) is 131 Å². The third kappa shape index (κ3) is 6.14. The Hall–Kier alpha value is -0.780. The maximum Gasteiger partial charge on any atom is -0.0213 e. The van der Waals surface area contributed by atoms with Gasteiger partial charge >= 0.3 is 0 Å². The number of rotatable bonds is 13. The Morgan fingerprint density at radius 1 is 0.538 bits per heavy atom. The fraction of sp³-hybridized carbons (Fsp3) is 0.769. The van der Waals surface area contributed by atoms with Crippen LogP contribution in [0.1, 0.15) is 132 Å². The van der Waals surface area contributed by atoms with E-state index in [-0.39, 0.29) is 0 Å². The second kappa shape index (κ2) is 12.6. The minimum absolute atomic E-state index is 0.642. The first-order valence-electron chi connectivity index (χ1n) is 11.7. The molecule has 0 saturated heterocycles. The molecule has 150 valence electrons. The SMILES string of the molecule is CCCCc1c(C)c(C(C)C)c(CCCC)c(CCCC)c1CCCC. The number of unbranched alkanes of at least 4 members (excludes halogenated alkanes) is 4. The molecule has 0 heterocycles. The van der Waals surface area contributed by atoms with Gasteiger partial charge in [-0.15, -0.1) is 0 Å². The molecule has 0 fully saturated rings. The monoisotopic (exact) mass is 358 g/mol. The summed E-state index contributed by atoms with van der Waals surface area (Å²) in [6.07, 6.45) is 15.7. The van der Waals surface area contributed by atoms with Crippen molar-refractivity contribution in [2.24, 2.45) is 0 Å². The van der Waals surface area contributed by atoms with Gasteiger partial charge in [0.05, 0.1) is 0 Å². The van der Waals surface area contributed by atoms with Crippen LogP contribution in [0.4, 0.5) is 0 Å². The van der Waals surface area contributed by atoms with Gasteiger partial charge in [0.25, 0.3) is 0 Å². The number of benzene rings is 1. The minimum atomic E-state index is 0.642. The lowest BCUT2D eigenvalue weighted by molar-refractivity contribution is 0.698. The van der Waals surface area contributed by atoms with Crippen LogP contribution in [0.25, 0.3) is 0 Å². The van der Waals surface area contributed by atoms with E-state index in [1.807, 2.05) is 0 Å². The molecule has 0 nitrogen and oxygen atoms in total. The van der Waals surface area contributed by atoms with E-state index < -0.39 is 0 Å². The van der Waals surface area contributed by atoms with Gasteiger partial charge in [0.1, 0.15) is 0 Å². The Labute approximate surface area is 165 Å². The Morgan fingerprint density at radius 2 is 0.885 bits per heavy atom. The second-order valence-electron chi connectivity index (χ2n) is 8.52. The van der Waals surface area contributed by atoms with Gasteiger partial charge < -0.3 is 0 Å². The molecule has 1 aromatic carbocycles. The van der Waals surface area contributed by atoms with E-state index in [0.717, 1.165) is 0 Å². The third-order valence-corrected chi connectivity index (χ3v) is 5.97. The largest absolute Gasteiger partial charge is 0.0654 e. The molecule has 0 saturated carbocycles. The summed E-state index contributed by atoms with van der Waals surface area (Å²) in [6.45, 7) is 16.6. The highest BCUT2D eigenvalue weighted by atomic mass is 14.3. The van der Waals surface area contributed by atoms with Crippen molar-refractivity contribution in [2.75, 3.05) is 0 Å². The Morgan fingerprint density at radius 3 is 1.27 bits per heavy atom. The minimum Gasteiger partial charge on any atom is -0.0654 e. The molecule has 0 unspecified atom stereocenters. The average Bonchev–Trinajstić information content (AvgIpc) is 2.62. The molecule has 0 amide bonds. The molecule has 0 aromatic heterocycles. The first-order chi connectivity index (χ1) is 12.5. The molecular formula is C26H46. The van der Waals surface area contributed by atoms with Gasteiger partial charge in [-0.2, -0.15) is 0 Å². The van der Waals surface area contributed by atoms with Gasteiger partial charge in [0.2, 0.25) is 0 Å². The molecule has 0 aliphatic rings. The molecule has 1 rings (SSSR count). The van der Waals surface area contributed by atoms with Gasteiger partial charge in [0.15, 0.2) is 0 Å². The number of hydrogen-bond donors (Lipinski definition) is 0. The molecule has 0 radical (unpaired) electrons. The van der Waals surface area contributed by atoms with Crippen LogP contribution < -0.4 is 0 Å². The smallest absolute Gasteiger partial charge is 0.0213 e. The summed E-state index contributed by atoms with van der Waals surface area (Å²) in [4.78, 5) is 0. The van der Waals surface area contributed by atoms with Crippen LogP contribution in [0.5, 0.6) is 0 Å². The van der Waals surface area contributed by atoms with E-state index >= 15 is 0 Å². The maximum absolute atomic E-state index is 2.44. The molecule has 0 aliphatic carbocycles. The van der Waals surface area contributed by atoms with Crippen LogP contribution in [-0.4, -0.2) is 0 Å². The van der Waals surface area contributed by atoms with Crippen molar-refractivity contribution in [3.8, 4) is 0 Å². The molecule has 0 N–H and O–H groups in total. The lowest BCUT2D eigenvalue weighted by atomic mass is 9.77. The van der Waals surface area contributed by atoms with Gasteiger partial charge in [-0.3, -0.25) is 0 Å². The van der Waals surface area contributed by atoms with E-state index in [0.29, 0.717) is 5.92 Å². The zero-order valence-corrected chi connectivity index (χ0v) is 19.1. The van der Waals surface area contributed by atoms with Crippen LogP contribution in [0, 0.1) is 6.92 Å². The Kier molecular flexibility index (Phi) is 11.3. The third-order valence-electron chi connectivity index (χ3n) is 5.97. The summed E-state index contributed by atoms with van der Waals surface area (Å²) in [6, 6.07) is 0. The van der Waals surface area contributed by atoms with E-state index in [4.69, 9.17) is 0 Å². The molecule has 0 bridgehead atoms. The average molecular weight is 359 g/mol. The highest BCUT2D eigenvalue weighted by Gasteiger charge is 2.22. The van der Waals surface area contributed by atoms with Crippen LogP contribution >= 0.6 is 0 Å². The Bertz CT molecular complexity index is 522. The molecule has 0 aliphatic heterocycles. The van der Waals surface area contributed by atoms with Crippen LogP contribution in [0.15, 0.2) is 0 Å². The van der Waals surface area contributed by atoms with Crippen molar-refractivity contribution in [1.82, 2.24) is 0 Å². The van der Waals surface area contributed by atoms with Crippen LogP contribution in [0.2, 0.25) is 0 Å². The lowest BCUT2D eigenvalue weighted by Crippen LogP contribution is -2.14. The molecule has 0 spiro atoms. The van der Waals surface area contributed by atoms with Crippen LogP contribution in [0.3, 0.4) is 0 Å². The molecule has 0 atom stereocenters. The molecule has 26 heavy (non-hydrogen) atoms. The summed E-state index contributed by atoms with van der Waals surface area (Å²) in [7, 11) is 0. The van der Waals surface area contributed by atoms with E-state index in [9.17, 15) is 0 Å². The first kappa shape index (κ1) is 23.3. The van der Waals surface area contributed by atoms with Crippen molar-refractivity contribution in [3.63, 3.8) is 0 Å². The lowest BCUT2D eigenvalue weighted by Gasteiger charge is -2.28. The van der Waals surface area contributed by atoms with Crippen molar-refractivity contribution < 1.29 is 0 Å². The van der Waals surface area contributed by atoms with E-state index in [1.54, 1.807) is 33.4 Å². The van der Waals surface area contributed by atoms with Gasteiger partial charge in [-0.25, -0.2) is 0 Å². The summed E-state index contributed by atoms with van der Waals surface area (Å²) >= 11 is 0. The van der Waals surface area contributed by atoms with E-state index in [2.05, 4.69) is 48.5 Å². The van der Waals surface area contributed by atoms with Gasteiger partial charge in [-0.05, 0) is 97.6 Å². The quantitative estimate of drug-likeness (QED) is 0.331. The fourth-order valence-electron chi connectivity index (χ4n) is 4.57. The predicted octanol–water partition coefficient (Wildman–Crippen LogP) is 8.49. The zero-order valence-electron chi connectivity index (χ0n) is 19.1. The summed E-state index contributed by atoms with van der Waals surface area (Å²) < 4.78 is 0. The maximum atomic E-state index is 2.44. The molecule has 0 heteroatoms. The normalized spacial score (nSPS) is 11.5. The number of hydrogen-bond acceptors (Lipinski definition) is 0. The van der Waals surface area contributed by atoms with Crippen molar-refractivity contribution in [3.05, 3.63) is 33.4 Å². The standard InChI is InChI=1S/C26H46/c1-8-12-16-22-21(7)26(20(5)6)25(19-15-11-4)24(18-14-10-3)23(22)17-13-9-2/h20H,8-19H2,1-7H3. The summed E-state index contributed by atoms with van der Waals surface area (Å²) in [5.74, 6) is 0.642. The topological polar surface area (TPSA) is 0 Å². The fourth-order valence-corrected chi connectivity index (χ4v) is 4.57. The van der Waals surface area contributed by atoms with Gasteiger partial charge in [0, 0.05) is 0 Å².